The summed E-state index contributed by atoms with van der Waals surface area (Å²) in [6.07, 6.45) is 4.70. The normalized spacial score (nSPS) is 13.1. The summed E-state index contributed by atoms with van der Waals surface area (Å²) in [6.45, 7) is 3.01. The van der Waals surface area contributed by atoms with Crippen molar-refractivity contribution in [2.75, 3.05) is 23.8 Å². The first-order valence-corrected chi connectivity index (χ1v) is 12.4. The highest BCUT2D eigenvalue weighted by atomic mass is 35.5. The molecule has 0 bridgehead atoms. The van der Waals surface area contributed by atoms with Gasteiger partial charge in [0.05, 0.1) is 43.2 Å². The number of urea groups is 1. The molecule has 0 spiro atoms. The molecule has 5 aromatic rings. The first-order valence-electron chi connectivity index (χ1n) is 12.0. The summed E-state index contributed by atoms with van der Waals surface area (Å²) in [5.41, 5.74) is 4.32. The molecule has 1 saturated heterocycles. The molecule has 196 valence electrons. The number of aryl methyl sites for hydroxylation is 1. The second-order valence-corrected chi connectivity index (χ2v) is 9.22. The Hall–Kier alpha value is -4.74. The largest absolute Gasteiger partial charge is 0.468 e. The van der Waals surface area contributed by atoms with Crippen LogP contribution in [-0.4, -0.2) is 49.9 Å². The number of carbonyl (C=O) groups is 1. The van der Waals surface area contributed by atoms with E-state index in [2.05, 4.69) is 30.7 Å². The highest BCUT2D eigenvalue weighted by Gasteiger charge is 2.21. The van der Waals surface area contributed by atoms with Crippen molar-refractivity contribution < 1.29 is 19.0 Å². The molecule has 0 radical (unpaired) electrons. The van der Waals surface area contributed by atoms with Crippen LogP contribution in [0.15, 0.2) is 73.2 Å². The molecular weight excluding hydrogens is 522 g/mol. The lowest BCUT2D eigenvalue weighted by Gasteiger charge is -2.25. The number of ether oxygens (including phenoxy) is 3. The van der Waals surface area contributed by atoms with E-state index in [1.165, 1.54) is 12.4 Å². The smallest absolute Gasteiger partial charge is 0.323 e. The lowest BCUT2D eigenvalue weighted by atomic mass is 10.1. The van der Waals surface area contributed by atoms with Gasteiger partial charge in [-0.2, -0.15) is 0 Å². The Morgan fingerprint density at radius 1 is 1.00 bits per heavy atom. The predicted molar refractivity (Wildman–Crippen MR) is 145 cm³/mol. The van der Waals surface area contributed by atoms with Crippen LogP contribution in [0.4, 0.5) is 16.2 Å². The van der Waals surface area contributed by atoms with Crippen LogP contribution in [-0.2, 0) is 4.74 Å². The minimum atomic E-state index is -0.439. The molecule has 0 aliphatic carbocycles. The lowest BCUT2D eigenvalue weighted by Crippen LogP contribution is -2.38. The maximum Gasteiger partial charge on any atom is 0.323 e. The van der Waals surface area contributed by atoms with Gasteiger partial charge in [-0.15, -0.1) is 5.10 Å². The maximum atomic E-state index is 12.3. The second kappa shape index (κ2) is 10.6. The van der Waals surface area contributed by atoms with Crippen molar-refractivity contribution in [3.05, 3.63) is 83.8 Å². The van der Waals surface area contributed by atoms with Gasteiger partial charge in [-0.25, -0.2) is 24.3 Å². The monoisotopic (exact) mass is 543 g/mol. The summed E-state index contributed by atoms with van der Waals surface area (Å²) in [5, 5.41) is 10.5. The van der Waals surface area contributed by atoms with Crippen molar-refractivity contribution in [2.45, 2.75) is 13.0 Å². The van der Waals surface area contributed by atoms with E-state index in [-0.39, 0.29) is 12.1 Å². The number of amides is 2. The number of carbonyl (C=O) groups excluding carboxylic acids is 1. The van der Waals surface area contributed by atoms with Crippen LogP contribution < -0.4 is 20.1 Å². The third-order valence-corrected chi connectivity index (χ3v) is 6.16. The van der Waals surface area contributed by atoms with Crippen molar-refractivity contribution in [2.24, 2.45) is 0 Å². The fraction of sp³-hybridized carbons (Fsp3) is 0.148. The van der Waals surface area contributed by atoms with Crippen LogP contribution in [0.3, 0.4) is 0 Å². The van der Waals surface area contributed by atoms with E-state index in [1.54, 1.807) is 41.0 Å². The molecule has 39 heavy (non-hydrogen) atoms. The summed E-state index contributed by atoms with van der Waals surface area (Å²) in [6, 6.07) is 16.0. The van der Waals surface area contributed by atoms with Gasteiger partial charge in [-0.05, 0) is 55.0 Å². The van der Waals surface area contributed by atoms with Crippen molar-refractivity contribution in [1.29, 1.82) is 0 Å². The van der Waals surface area contributed by atoms with Crippen LogP contribution in [0.1, 0.15) is 5.56 Å². The van der Waals surface area contributed by atoms with Crippen LogP contribution in [0.2, 0.25) is 5.02 Å². The van der Waals surface area contributed by atoms with E-state index in [1.807, 2.05) is 31.2 Å². The minimum absolute atomic E-state index is 0.0285. The zero-order valence-electron chi connectivity index (χ0n) is 20.7. The first kappa shape index (κ1) is 24.6. The van der Waals surface area contributed by atoms with E-state index in [0.29, 0.717) is 46.9 Å². The topological polar surface area (TPSA) is 125 Å². The Morgan fingerprint density at radius 3 is 2.54 bits per heavy atom. The Kier molecular flexibility index (Phi) is 6.66. The standard InChI is InChI=1S/C27H22ClN7O4/c1-16-2-5-18(28)10-22(16)33-26(36)32-19-11-30-27(31-12-19)39-20-6-3-17(4-7-20)23-13-29-24-8-9-25(34-35(23)24)38-21-14-37-15-21/h2-13,21H,14-15H2,1H3,(H2,32,33,36). The molecule has 3 aromatic heterocycles. The van der Waals surface area contributed by atoms with Gasteiger partial charge in [0.25, 0.3) is 0 Å². The molecule has 0 atom stereocenters. The van der Waals surface area contributed by atoms with Gasteiger partial charge in [-0.3, -0.25) is 0 Å². The molecule has 0 unspecified atom stereocenters. The van der Waals surface area contributed by atoms with Gasteiger partial charge in [-0.1, -0.05) is 17.7 Å². The molecule has 1 fully saturated rings. The molecule has 2 amide bonds. The Balaban J connectivity index is 1.09. The fourth-order valence-electron chi connectivity index (χ4n) is 3.82. The fourth-order valence-corrected chi connectivity index (χ4v) is 3.99. The molecule has 6 rings (SSSR count). The predicted octanol–water partition coefficient (Wildman–Crippen LogP) is 5.36. The molecule has 4 heterocycles. The van der Waals surface area contributed by atoms with Gasteiger partial charge in [0.2, 0.25) is 5.88 Å². The molecule has 0 saturated carbocycles. The highest BCUT2D eigenvalue weighted by Crippen LogP contribution is 2.26. The Labute approximate surface area is 227 Å². The molecule has 12 heteroatoms. The number of hydrogen-bond acceptors (Lipinski definition) is 8. The molecule has 1 aliphatic heterocycles. The van der Waals surface area contributed by atoms with Gasteiger partial charge < -0.3 is 24.8 Å². The molecule has 1 aliphatic rings. The van der Waals surface area contributed by atoms with Gasteiger partial charge in [0.15, 0.2) is 5.65 Å². The van der Waals surface area contributed by atoms with Crippen LogP contribution in [0, 0.1) is 6.92 Å². The number of nitrogens with one attached hydrogen (secondary N) is 2. The van der Waals surface area contributed by atoms with E-state index < -0.39 is 6.03 Å². The first-order chi connectivity index (χ1) is 19.0. The average Bonchev–Trinajstić information content (AvgIpc) is 3.33. The number of benzene rings is 2. The summed E-state index contributed by atoms with van der Waals surface area (Å²) in [5.74, 6) is 1.06. The SMILES string of the molecule is Cc1ccc(Cl)cc1NC(=O)Nc1cnc(Oc2ccc(-c3cnc4ccc(OC5COC5)nn34)cc2)nc1. The number of rotatable bonds is 7. The Morgan fingerprint density at radius 2 is 1.79 bits per heavy atom. The van der Waals surface area contributed by atoms with E-state index in [9.17, 15) is 4.79 Å². The van der Waals surface area contributed by atoms with Crippen LogP contribution in [0.5, 0.6) is 17.6 Å². The summed E-state index contributed by atoms with van der Waals surface area (Å²) >= 11 is 6.01. The average molecular weight is 544 g/mol. The van der Waals surface area contributed by atoms with Crippen molar-refractivity contribution >= 4 is 34.7 Å². The molecular formula is C27H22ClN7O4. The van der Waals surface area contributed by atoms with Gasteiger partial charge >= 0.3 is 12.0 Å². The number of halogens is 1. The number of hydrogen-bond donors (Lipinski definition) is 2. The van der Waals surface area contributed by atoms with Crippen molar-refractivity contribution in [3.8, 4) is 28.9 Å². The number of anilines is 2. The van der Waals surface area contributed by atoms with Gasteiger partial charge in [0.1, 0.15) is 11.9 Å². The zero-order chi connectivity index (χ0) is 26.8. The highest BCUT2D eigenvalue weighted by molar-refractivity contribution is 6.31. The van der Waals surface area contributed by atoms with Crippen molar-refractivity contribution in [3.63, 3.8) is 0 Å². The van der Waals surface area contributed by atoms with E-state index in [4.69, 9.17) is 25.8 Å². The summed E-state index contributed by atoms with van der Waals surface area (Å²) in [7, 11) is 0. The number of fused-ring (bicyclic) bond motifs is 1. The third kappa shape index (κ3) is 5.59. The minimum Gasteiger partial charge on any atom is -0.468 e. The lowest BCUT2D eigenvalue weighted by molar-refractivity contribution is -0.0816. The van der Waals surface area contributed by atoms with Crippen molar-refractivity contribution in [1.82, 2.24) is 24.6 Å². The number of imidazole rings is 1. The van der Waals surface area contributed by atoms with E-state index >= 15 is 0 Å². The van der Waals surface area contributed by atoms with Crippen LogP contribution >= 0.6 is 11.6 Å². The zero-order valence-corrected chi connectivity index (χ0v) is 21.4. The molecule has 2 aromatic carbocycles. The third-order valence-electron chi connectivity index (χ3n) is 5.93. The molecule has 11 nitrogen and oxygen atoms in total. The summed E-state index contributed by atoms with van der Waals surface area (Å²) in [4.78, 5) is 25.1. The second-order valence-electron chi connectivity index (χ2n) is 8.78. The maximum absolute atomic E-state index is 12.3. The van der Waals surface area contributed by atoms with E-state index in [0.717, 1.165) is 16.8 Å². The van der Waals surface area contributed by atoms with Gasteiger partial charge in [0, 0.05) is 22.3 Å². The number of aromatic nitrogens is 5. The molecule has 2 N–H and O–H groups in total. The summed E-state index contributed by atoms with van der Waals surface area (Å²) < 4.78 is 18.5. The van der Waals surface area contributed by atoms with Crippen LogP contribution in [0.25, 0.3) is 16.9 Å². The quantitative estimate of drug-likeness (QED) is 0.281. The Bertz CT molecular complexity index is 1640. The number of nitrogens with zero attached hydrogens (tertiary/aromatic N) is 5.